The van der Waals surface area contributed by atoms with E-state index in [0.717, 1.165) is 56.2 Å². The molecule has 1 aromatic carbocycles. The molecule has 25 heavy (non-hydrogen) atoms. The molecule has 0 radical (unpaired) electrons. The van der Waals surface area contributed by atoms with E-state index in [2.05, 4.69) is 5.32 Å². The quantitative estimate of drug-likeness (QED) is 0.920. The predicted molar refractivity (Wildman–Crippen MR) is 94.4 cm³/mol. The van der Waals surface area contributed by atoms with Crippen molar-refractivity contribution in [2.24, 2.45) is 11.8 Å². The maximum Gasteiger partial charge on any atom is 0.229 e. The highest BCUT2D eigenvalue weighted by Gasteiger charge is 2.36. The van der Waals surface area contributed by atoms with E-state index in [1.54, 1.807) is 0 Å². The van der Waals surface area contributed by atoms with Gasteiger partial charge in [-0.25, -0.2) is 0 Å². The van der Waals surface area contributed by atoms with Gasteiger partial charge in [-0.2, -0.15) is 0 Å². The Morgan fingerprint density at radius 1 is 1.04 bits per heavy atom. The van der Waals surface area contributed by atoms with E-state index >= 15 is 0 Å². The Labute approximate surface area is 147 Å². The molecule has 1 saturated carbocycles. The number of likely N-dealkylation sites (tertiary alicyclic amines) is 1. The van der Waals surface area contributed by atoms with Crippen molar-refractivity contribution >= 4 is 23.3 Å². The van der Waals surface area contributed by atoms with E-state index in [-0.39, 0.29) is 29.4 Å². The first kappa shape index (κ1) is 16.3. The monoisotopic (exact) mass is 340 g/mol. The first-order valence-electron chi connectivity index (χ1n) is 9.37. The molecular weight excluding hydrogens is 316 g/mol. The minimum atomic E-state index is -0.164. The highest BCUT2D eigenvalue weighted by Crippen LogP contribution is 2.33. The SMILES string of the molecule is O=C1CCCc2ccc(NC(=O)[C@@H]3CCCN(C(=O)C4CC4)C3)cc21. The van der Waals surface area contributed by atoms with Crippen LogP contribution in [0.4, 0.5) is 5.69 Å². The summed E-state index contributed by atoms with van der Waals surface area (Å²) in [6.45, 7) is 1.29. The molecule has 0 aromatic heterocycles. The summed E-state index contributed by atoms with van der Waals surface area (Å²) in [6, 6.07) is 5.64. The molecule has 1 aromatic rings. The Balaban J connectivity index is 1.42. The number of carbonyl (C=O) groups excluding carboxylic acids is 3. The number of aryl methyl sites for hydroxylation is 1. The molecule has 5 nitrogen and oxygen atoms in total. The molecule has 2 aliphatic carbocycles. The number of nitrogens with one attached hydrogen (secondary N) is 1. The molecular formula is C20H24N2O3. The van der Waals surface area contributed by atoms with Gasteiger partial charge in [-0.15, -0.1) is 0 Å². The number of hydrogen-bond acceptors (Lipinski definition) is 3. The van der Waals surface area contributed by atoms with Crippen LogP contribution in [0.5, 0.6) is 0 Å². The number of hydrogen-bond donors (Lipinski definition) is 1. The Morgan fingerprint density at radius 2 is 1.88 bits per heavy atom. The lowest BCUT2D eigenvalue weighted by molar-refractivity contribution is -0.135. The Hall–Kier alpha value is -2.17. The van der Waals surface area contributed by atoms with E-state index in [0.29, 0.717) is 18.7 Å². The molecule has 0 bridgehead atoms. The maximum absolute atomic E-state index is 12.6. The lowest BCUT2D eigenvalue weighted by Gasteiger charge is -2.32. The van der Waals surface area contributed by atoms with Crippen LogP contribution in [0, 0.1) is 11.8 Å². The van der Waals surface area contributed by atoms with Crippen LogP contribution >= 0.6 is 0 Å². The van der Waals surface area contributed by atoms with Gasteiger partial charge in [-0.3, -0.25) is 14.4 Å². The second kappa shape index (κ2) is 6.62. The smallest absolute Gasteiger partial charge is 0.229 e. The summed E-state index contributed by atoms with van der Waals surface area (Å²) in [5.41, 5.74) is 2.51. The molecule has 2 amide bonds. The number of benzene rings is 1. The second-order valence-corrected chi connectivity index (χ2v) is 7.54. The van der Waals surface area contributed by atoms with Crippen molar-refractivity contribution in [3.63, 3.8) is 0 Å². The molecule has 1 saturated heterocycles. The van der Waals surface area contributed by atoms with Crippen LogP contribution in [0.15, 0.2) is 18.2 Å². The van der Waals surface area contributed by atoms with Gasteiger partial charge in [0.05, 0.1) is 5.92 Å². The summed E-state index contributed by atoms with van der Waals surface area (Å²) in [5.74, 6) is 0.376. The number of rotatable bonds is 3. The fraction of sp³-hybridized carbons (Fsp3) is 0.550. The van der Waals surface area contributed by atoms with Gasteiger partial charge in [-0.05, 0) is 56.2 Å². The molecule has 1 atom stereocenters. The maximum atomic E-state index is 12.6. The van der Waals surface area contributed by atoms with Crippen LogP contribution in [0.1, 0.15) is 54.4 Å². The Kier molecular flexibility index (Phi) is 4.32. The van der Waals surface area contributed by atoms with Crippen molar-refractivity contribution in [3.05, 3.63) is 29.3 Å². The number of piperidine rings is 1. The molecule has 1 heterocycles. The van der Waals surface area contributed by atoms with Gasteiger partial charge in [-0.1, -0.05) is 6.07 Å². The molecule has 1 aliphatic heterocycles. The summed E-state index contributed by atoms with van der Waals surface area (Å²) < 4.78 is 0. The van der Waals surface area contributed by atoms with E-state index in [4.69, 9.17) is 0 Å². The molecule has 2 fully saturated rings. The number of anilines is 1. The topological polar surface area (TPSA) is 66.5 Å². The lowest BCUT2D eigenvalue weighted by Crippen LogP contribution is -2.44. The number of carbonyl (C=O) groups is 3. The van der Waals surface area contributed by atoms with Gasteiger partial charge in [0.1, 0.15) is 0 Å². The number of ketones is 1. The summed E-state index contributed by atoms with van der Waals surface area (Å²) in [5, 5.41) is 2.96. The van der Waals surface area contributed by atoms with Gasteiger partial charge < -0.3 is 10.2 Å². The average Bonchev–Trinajstić information content (AvgIpc) is 3.47. The van der Waals surface area contributed by atoms with E-state index < -0.39 is 0 Å². The van der Waals surface area contributed by atoms with Crippen LogP contribution in [0.25, 0.3) is 0 Å². The average molecular weight is 340 g/mol. The standard InChI is InChI=1S/C20H24N2O3/c23-18-5-1-3-13-8-9-16(11-17(13)18)21-19(24)15-4-2-10-22(12-15)20(25)14-6-7-14/h8-9,11,14-15H,1-7,10,12H2,(H,21,24)/t15-/m1/s1. The van der Waals surface area contributed by atoms with Crippen molar-refractivity contribution in [1.82, 2.24) is 4.90 Å². The highest BCUT2D eigenvalue weighted by atomic mass is 16.2. The van der Waals surface area contributed by atoms with Crippen molar-refractivity contribution in [2.45, 2.75) is 44.9 Å². The van der Waals surface area contributed by atoms with Crippen LogP contribution in [0.3, 0.4) is 0 Å². The van der Waals surface area contributed by atoms with Gasteiger partial charge in [0.25, 0.3) is 0 Å². The third-order valence-corrected chi connectivity index (χ3v) is 5.56. The van der Waals surface area contributed by atoms with Gasteiger partial charge >= 0.3 is 0 Å². The van der Waals surface area contributed by atoms with Crippen LogP contribution in [-0.2, 0) is 16.0 Å². The third kappa shape index (κ3) is 3.46. The summed E-state index contributed by atoms with van der Waals surface area (Å²) in [6.07, 6.45) is 6.10. The largest absolute Gasteiger partial charge is 0.342 e. The fourth-order valence-corrected chi connectivity index (χ4v) is 3.93. The number of fused-ring (bicyclic) bond motifs is 1. The zero-order valence-corrected chi connectivity index (χ0v) is 14.4. The number of amides is 2. The number of Topliss-reactive ketones (excluding diaryl/α,β-unsaturated/α-hetero) is 1. The van der Waals surface area contributed by atoms with E-state index in [1.807, 2.05) is 23.1 Å². The van der Waals surface area contributed by atoms with Crippen molar-refractivity contribution in [2.75, 3.05) is 18.4 Å². The lowest BCUT2D eigenvalue weighted by atomic mass is 9.90. The number of nitrogens with zero attached hydrogens (tertiary/aromatic N) is 1. The highest BCUT2D eigenvalue weighted by molar-refractivity contribution is 6.01. The minimum Gasteiger partial charge on any atom is -0.342 e. The summed E-state index contributed by atoms with van der Waals surface area (Å²) in [4.78, 5) is 38.8. The molecule has 132 valence electrons. The van der Waals surface area contributed by atoms with Crippen LogP contribution < -0.4 is 5.32 Å². The third-order valence-electron chi connectivity index (χ3n) is 5.56. The molecule has 1 N–H and O–H groups in total. The molecule has 5 heteroatoms. The fourth-order valence-electron chi connectivity index (χ4n) is 3.93. The van der Waals surface area contributed by atoms with Crippen LogP contribution in [0.2, 0.25) is 0 Å². The molecule has 0 unspecified atom stereocenters. The first-order chi connectivity index (χ1) is 12.1. The van der Waals surface area contributed by atoms with Gasteiger partial charge in [0, 0.05) is 36.7 Å². The zero-order valence-electron chi connectivity index (χ0n) is 14.4. The molecule has 4 rings (SSSR count). The van der Waals surface area contributed by atoms with E-state index in [9.17, 15) is 14.4 Å². The van der Waals surface area contributed by atoms with Gasteiger partial charge in [0.15, 0.2) is 5.78 Å². The molecule has 3 aliphatic rings. The predicted octanol–water partition coefficient (Wildman–Crippen LogP) is 2.79. The summed E-state index contributed by atoms with van der Waals surface area (Å²) >= 11 is 0. The second-order valence-electron chi connectivity index (χ2n) is 7.54. The van der Waals surface area contributed by atoms with Crippen molar-refractivity contribution in [1.29, 1.82) is 0 Å². The Bertz CT molecular complexity index is 724. The Morgan fingerprint density at radius 3 is 2.68 bits per heavy atom. The normalized spacial score (nSPS) is 23.1. The summed E-state index contributed by atoms with van der Waals surface area (Å²) in [7, 11) is 0. The first-order valence-corrected chi connectivity index (χ1v) is 9.37. The van der Waals surface area contributed by atoms with Crippen LogP contribution in [-0.4, -0.2) is 35.6 Å². The zero-order chi connectivity index (χ0) is 17.4. The van der Waals surface area contributed by atoms with Crippen molar-refractivity contribution < 1.29 is 14.4 Å². The van der Waals surface area contributed by atoms with Crippen molar-refractivity contribution in [3.8, 4) is 0 Å². The van der Waals surface area contributed by atoms with E-state index in [1.165, 1.54) is 0 Å². The van der Waals surface area contributed by atoms with Gasteiger partial charge in [0.2, 0.25) is 11.8 Å². The molecule has 0 spiro atoms. The minimum absolute atomic E-state index is 0.0449.